The minimum absolute atomic E-state index is 0.163. The lowest BCUT2D eigenvalue weighted by Crippen LogP contribution is -2.76. The van der Waals surface area contributed by atoms with Gasteiger partial charge in [-0.1, -0.05) is 19.8 Å². The molecule has 0 heterocycles. The normalized spacial score (nSPS) is 15.6. The first-order valence-electron chi connectivity index (χ1n) is 7.22. The summed E-state index contributed by atoms with van der Waals surface area (Å²) >= 11 is 0. The van der Waals surface area contributed by atoms with E-state index in [1.54, 1.807) is 6.92 Å². The number of quaternary nitrogens is 1. The second-order valence-electron chi connectivity index (χ2n) is 6.24. The van der Waals surface area contributed by atoms with Crippen LogP contribution < -0.4 is 0 Å². The van der Waals surface area contributed by atoms with E-state index >= 15 is 0 Å². The molecule has 152 valence electrons. The van der Waals surface area contributed by atoms with Gasteiger partial charge < -0.3 is 0 Å². The lowest BCUT2D eigenvalue weighted by molar-refractivity contribution is -0.991. The van der Waals surface area contributed by atoms with Crippen molar-refractivity contribution >= 4 is 0 Å². The molecule has 0 unspecified atom stereocenters. The molecule has 0 saturated carbocycles. The topological polar surface area (TPSA) is 0 Å². The van der Waals surface area contributed by atoms with Crippen molar-refractivity contribution in [1.82, 2.24) is 0 Å². The standard InChI is InChI=1S/C13H19F11N/c1-4-5-6-7-8-25(2,3)13(23,24)10(15,16)9(14,11(17,18)19)12(20,21)22/h4-8H2,1-3H3/q+1. The van der Waals surface area contributed by atoms with E-state index in [0.717, 1.165) is 0 Å². The van der Waals surface area contributed by atoms with Crippen LogP contribution in [-0.4, -0.2) is 55.1 Å². The van der Waals surface area contributed by atoms with E-state index in [0.29, 0.717) is 26.9 Å². The summed E-state index contributed by atoms with van der Waals surface area (Å²) < 4.78 is 142. The van der Waals surface area contributed by atoms with Crippen LogP contribution in [-0.2, 0) is 0 Å². The maximum atomic E-state index is 14.0. The molecule has 25 heavy (non-hydrogen) atoms. The molecule has 0 aliphatic heterocycles. The summed E-state index contributed by atoms with van der Waals surface area (Å²) in [7, 11) is 0.653. The number of nitrogens with zero attached hydrogens (tertiary/aromatic N) is 1. The van der Waals surface area contributed by atoms with Crippen LogP contribution in [0, 0.1) is 0 Å². The van der Waals surface area contributed by atoms with Gasteiger partial charge in [0, 0.05) is 0 Å². The Labute approximate surface area is 137 Å². The number of unbranched alkanes of at least 4 members (excludes halogenated alkanes) is 3. The Morgan fingerprint density at radius 3 is 1.36 bits per heavy atom. The molecule has 0 spiro atoms. The lowest BCUT2D eigenvalue weighted by atomic mass is 9.92. The fraction of sp³-hybridized carbons (Fsp3) is 1.00. The second-order valence-corrected chi connectivity index (χ2v) is 6.24. The van der Waals surface area contributed by atoms with E-state index in [4.69, 9.17) is 0 Å². The van der Waals surface area contributed by atoms with Crippen LogP contribution in [0.1, 0.15) is 32.6 Å². The van der Waals surface area contributed by atoms with Crippen LogP contribution in [0.4, 0.5) is 48.3 Å². The van der Waals surface area contributed by atoms with Crippen molar-refractivity contribution < 1.29 is 52.8 Å². The van der Waals surface area contributed by atoms with Gasteiger partial charge in [-0.2, -0.15) is 35.1 Å². The first-order chi connectivity index (χ1) is 10.8. The Morgan fingerprint density at radius 2 is 1.04 bits per heavy atom. The smallest absolute Gasteiger partial charge is 0.262 e. The van der Waals surface area contributed by atoms with Crippen LogP contribution in [0.25, 0.3) is 0 Å². The maximum Gasteiger partial charge on any atom is 0.458 e. The molecular weight excluding hydrogens is 379 g/mol. The minimum Gasteiger partial charge on any atom is -0.262 e. The van der Waals surface area contributed by atoms with Crippen molar-refractivity contribution in [2.45, 2.75) is 62.6 Å². The molecule has 0 aliphatic rings. The zero-order valence-electron chi connectivity index (χ0n) is 13.6. The van der Waals surface area contributed by atoms with Crippen LogP contribution in [0.15, 0.2) is 0 Å². The molecule has 12 heteroatoms. The lowest BCUT2D eigenvalue weighted by Gasteiger charge is -2.45. The van der Waals surface area contributed by atoms with Gasteiger partial charge in [0.15, 0.2) is 0 Å². The highest BCUT2D eigenvalue weighted by Crippen LogP contribution is 2.60. The Morgan fingerprint density at radius 1 is 0.640 bits per heavy atom. The molecule has 0 amide bonds. The van der Waals surface area contributed by atoms with Crippen molar-refractivity contribution in [3.63, 3.8) is 0 Å². The van der Waals surface area contributed by atoms with Gasteiger partial charge >= 0.3 is 30.0 Å². The fourth-order valence-electron chi connectivity index (χ4n) is 2.18. The fourth-order valence-corrected chi connectivity index (χ4v) is 2.18. The molecule has 1 nitrogen and oxygen atoms in total. The molecule has 0 aromatic carbocycles. The first-order valence-corrected chi connectivity index (χ1v) is 7.22. The summed E-state index contributed by atoms with van der Waals surface area (Å²) in [4.78, 5) is 0. The van der Waals surface area contributed by atoms with Gasteiger partial charge in [0.25, 0.3) is 0 Å². The van der Waals surface area contributed by atoms with Gasteiger partial charge in [0.2, 0.25) is 0 Å². The van der Waals surface area contributed by atoms with Crippen molar-refractivity contribution in [2.24, 2.45) is 0 Å². The van der Waals surface area contributed by atoms with Crippen LogP contribution in [0.2, 0.25) is 0 Å². The third-order valence-electron chi connectivity index (χ3n) is 3.92. The van der Waals surface area contributed by atoms with Crippen molar-refractivity contribution in [2.75, 3.05) is 20.6 Å². The Bertz CT molecular complexity index is 422. The quantitative estimate of drug-likeness (QED) is 0.213. The molecular formula is C13H19F11N+. The van der Waals surface area contributed by atoms with E-state index in [2.05, 4.69) is 0 Å². The molecule has 0 radical (unpaired) electrons. The highest BCUT2D eigenvalue weighted by Gasteiger charge is 2.93. The number of hydrogen-bond donors (Lipinski definition) is 0. The largest absolute Gasteiger partial charge is 0.458 e. The van der Waals surface area contributed by atoms with Crippen LogP contribution in [0.5, 0.6) is 0 Å². The molecule has 0 N–H and O–H groups in total. The van der Waals surface area contributed by atoms with Gasteiger partial charge in [-0.3, -0.25) is 4.48 Å². The third kappa shape index (κ3) is 3.97. The molecule has 0 atom stereocenters. The zero-order valence-corrected chi connectivity index (χ0v) is 13.6. The predicted octanol–water partition coefficient (Wildman–Crippen LogP) is 5.70. The number of halogens is 11. The van der Waals surface area contributed by atoms with Crippen LogP contribution >= 0.6 is 0 Å². The average Bonchev–Trinajstić information content (AvgIpc) is 2.39. The Balaban J connectivity index is 5.99. The number of rotatable bonds is 8. The molecule has 0 bridgehead atoms. The third-order valence-corrected chi connectivity index (χ3v) is 3.92. The monoisotopic (exact) mass is 398 g/mol. The maximum absolute atomic E-state index is 14.0. The number of hydrogen-bond acceptors (Lipinski definition) is 0. The van der Waals surface area contributed by atoms with E-state index in [-0.39, 0.29) is 12.8 Å². The highest BCUT2D eigenvalue weighted by molar-refractivity contribution is 5.08. The number of alkyl halides is 11. The van der Waals surface area contributed by atoms with Crippen molar-refractivity contribution in [3.8, 4) is 0 Å². The first kappa shape index (κ1) is 24.2. The molecule has 0 aliphatic carbocycles. The SMILES string of the molecule is CCCCCC[N+](C)(C)C(F)(F)C(F)(F)C(F)(C(F)(F)F)C(F)(F)F. The summed E-state index contributed by atoms with van der Waals surface area (Å²) in [5, 5.41) is 0. The van der Waals surface area contributed by atoms with E-state index in [1.165, 1.54) is 0 Å². The Kier molecular flexibility index (Phi) is 6.84. The zero-order chi connectivity index (χ0) is 20.5. The minimum atomic E-state index is -7.39. The summed E-state index contributed by atoms with van der Waals surface area (Å²) in [5.74, 6) is -7.08. The summed E-state index contributed by atoms with van der Waals surface area (Å²) in [6, 6.07) is -5.97. The summed E-state index contributed by atoms with van der Waals surface area (Å²) in [6.07, 6.45) is -13.4. The van der Waals surface area contributed by atoms with Crippen molar-refractivity contribution in [1.29, 1.82) is 0 Å². The summed E-state index contributed by atoms with van der Waals surface area (Å²) in [5.41, 5.74) is -7.39. The van der Waals surface area contributed by atoms with E-state index < -0.39 is 41.0 Å². The molecule has 0 rings (SSSR count). The average molecular weight is 398 g/mol. The highest BCUT2D eigenvalue weighted by atomic mass is 19.4. The van der Waals surface area contributed by atoms with Gasteiger partial charge in [-0.25, -0.2) is 4.39 Å². The predicted molar refractivity (Wildman–Crippen MR) is 67.0 cm³/mol. The Hall–Kier alpha value is -0.810. The molecule has 0 aromatic rings. The van der Waals surface area contributed by atoms with E-state index in [9.17, 15) is 48.3 Å². The van der Waals surface area contributed by atoms with Gasteiger partial charge in [-0.05, 0) is 12.8 Å². The van der Waals surface area contributed by atoms with E-state index in [1.807, 2.05) is 0 Å². The second kappa shape index (κ2) is 7.07. The molecule has 0 saturated heterocycles. The van der Waals surface area contributed by atoms with Crippen LogP contribution in [0.3, 0.4) is 0 Å². The van der Waals surface area contributed by atoms with Crippen molar-refractivity contribution in [3.05, 3.63) is 0 Å². The van der Waals surface area contributed by atoms with Gasteiger partial charge in [-0.15, -0.1) is 8.78 Å². The summed E-state index contributed by atoms with van der Waals surface area (Å²) in [6.45, 7) is 0.862. The van der Waals surface area contributed by atoms with Gasteiger partial charge in [0.05, 0.1) is 20.6 Å². The van der Waals surface area contributed by atoms with Gasteiger partial charge in [0.1, 0.15) is 0 Å². The molecule has 0 aromatic heterocycles. The molecule has 0 fully saturated rings.